The Morgan fingerprint density at radius 3 is 2.78 bits per heavy atom. The van der Waals surface area contributed by atoms with Crippen LogP contribution in [0, 0.1) is 0 Å². The number of anilines is 1. The number of rotatable bonds is 4. The monoisotopic (exact) mass is 266 g/mol. The quantitative estimate of drug-likeness (QED) is 0.801. The number of nitrogens with zero attached hydrogens (tertiary/aromatic N) is 3. The lowest BCUT2D eigenvalue weighted by atomic mass is 10.3. The lowest BCUT2D eigenvalue weighted by Gasteiger charge is -2.35. The number of pyridine rings is 1. The van der Waals surface area contributed by atoms with E-state index < -0.39 is 0 Å². The van der Waals surface area contributed by atoms with Gasteiger partial charge in [0, 0.05) is 38.9 Å². The molecule has 0 aromatic carbocycles. The van der Waals surface area contributed by atoms with Crippen LogP contribution in [0.5, 0.6) is 5.75 Å². The smallest absolute Gasteiger partial charge is 0.171 e. The number of aromatic nitrogens is 1. The summed E-state index contributed by atoms with van der Waals surface area (Å²) in [6, 6.07) is 3.81. The van der Waals surface area contributed by atoms with Crippen molar-refractivity contribution in [2.24, 2.45) is 5.73 Å². The summed E-state index contributed by atoms with van der Waals surface area (Å²) in [6.45, 7) is 4.41. The Morgan fingerprint density at radius 1 is 1.44 bits per heavy atom. The molecule has 1 fully saturated rings. The van der Waals surface area contributed by atoms with Gasteiger partial charge in [-0.25, -0.2) is 4.98 Å². The van der Waals surface area contributed by atoms with Gasteiger partial charge in [0.1, 0.15) is 0 Å². The van der Waals surface area contributed by atoms with Gasteiger partial charge in [0.15, 0.2) is 11.6 Å². The third-order valence-electron chi connectivity index (χ3n) is 3.02. The molecular weight excluding hydrogens is 248 g/mol. The highest BCUT2D eigenvalue weighted by molar-refractivity contribution is 7.80. The largest absolute Gasteiger partial charge is 0.493 e. The van der Waals surface area contributed by atoms with Crippen molar-refractivity contribution in [2.45, 2.75) is 0 Å². The van der Waals surface area contributed by atoms with Gasteiger partial charge in [0.05, 0.1) is 12.1 Å². The van der Waals surface area contributed by atoms with Crippen LogP contribution in [0.2, 0.25) is 0 Å². The van der Waals surface area contributed by atoms with E-state index in [9.17, 15) is 0 Å². The molecule has 18 heavy (non-hydrogen) atoms. The molecule has 0 bridgehead atoms. The van der Waals surface area contributed by atoms with E-state index in [0.29, 0.717) is 11.5 Å². The van der Waals surface area contributed by atoms with E-state index in [0.717, 1.165) is 37.7 Å². The Bertz CT molecular complexity index is 418. The fourth-order valence-electron chi connectivity index (χ4n) is 2.12. The summed E-state index contributed by atoms with van der Waals surface area (Å²) < 4.78 is 5.33. The van der Waals surface area contributed by atoms with Gasteiger partial charge in [-0.2, -0.15) is 0 Å². The maximum absolute atomic E-state index is 5.56. The van der Waals surface area contributed by atoms with Crippen LogP contribution < -0.4 is 15.4 Å². The molecule has 1 saturated heterocycles. The molecule has 2 rings (SSSR count). The number of hydrogen-bond donors (Lipinski definition) is 1. The van der Waals surface area contributed by atoms with Gasteiger partial charge in [-0.15, -0.1) is 0 Å². The predicted molar refractivity (Wildman–Crippen MR) is 76.2 cm³/mol. The molecule has 1 aliphatic rings. The van der Waals surface area contributed by atoms with Crippen molar-refractivity contribution in [1.82, 2.24) is 9.88 Å². The average molecular weight is 266 g/mol. The van der Waals surface area contributed by atoms with Crippen LogP contribution >= 0.6 is 12.2 Å². The summed E-state index contributed by atoms with van der Waals surface area (Å²) in [5, 5.41) is 0. The van der Waals surface area contributed by atoms with Crippen LogP contribution in [0.15, 0.2) is 18.3 Å². The molecule has 1 aliphatic heterocycles. The lowest BCUT2D eigenvalue weighted by molar-refractivity contribution is 0.290. The lowest BCUT2D eigenvalue weighted by Crippen LogP contribution is -2.48. The Hall–Kier alpha value is -1.40. The first-order valence-corrected chi connectivity index (χ1v) is 6.36. The second kappa shape index (κ2) is 5.97. The fraction of sp³-hybridized carbons (Fsp3) is 0.500. The number of methoxy groups -OCH3 is 1. The van der Waals surface area contributed by atoms with Crippen LogP contribution in [0.4, 0.5) is 5.82 Å². The molecule has 0 radical (unpaired) electrons. The van der Waals surface area contributed by atoms with Crippen LogP contribution in [0.25, 0.3) is 0 Å². The number of hydrogen-bond acceptors (Lipinski definition) is 5. The van der Waals surface area contributed by atoms with E-state index in [1.807, 2.05) is 12.1 Å². The predicted octanol–water partition coefficient (Wildman–Crippen LogP) is 0.498. The average Bonchev–Trinajstić information content (AvgIpc) is 2.39. The Kier molecular flexibility index (Phi) is 4.33. The summed E-state index contributed by atoms with van der Waals surface area (Å²) in [6.07, 6.45) is 1.79. The van der Waals surface area contributed by atoms with E-state index in [-0.39, 0.29) is 0 Å². The first kappa shape index (κ1) is 13.0. The van der Waals surface area contributed by atoms with Gasteiger partial charge in [-0.05, 0) is 12.1 Å². The zero-order valence-electron chi connectivity index (χ0n) is 10.5. The zero-order valence-corrected chi connectivity index (χ0v) is 11.3. The highest BCUT2D eigenvalue weighted by atomic mass is 32.1. The zero-order chi connectivity index (χ0) is 13.0. The van der Waals surface area contributed by atoms with E-state index in [1.54, 1.807) is 13.3 Å². The van der Waals surface area contributed by atoms with Gasteiger partial charge in [0.25, 0.3) is 0 Å². The third-order valence-corrected chi connectivity index (χ3v) is 3.15. The standard InChI is InChI=1S/C12H18N4OS/c1-17-10-3-2-4-14-12(10)16-7-5-15(6-8-16)9-11(13)18/h2-4H,5-9H2,1H3,(H2,13,18). The molecule has 0 aliphatic carbocycles. The summed E-state index contributed by atoms with van der Waals surface area (Å²) in [4.78, 5) is 9.43. The van der Waals surface area contributed by atoms with Gasteiger partial charge in [0.2, 0.25) is 0 Å². The van der Waals surface area contributed by atoms with Crippen LogP contribution in [0.3, 0.4) is 0 Å². The summed E-state index contributed by atoms with van der Waals surface area (Å²) in [5.74, 6) is 1.73. The minimum absolute atomic E-state index is 0.555. The molecule has 0 saturated carbocycles. The minimum Gasteiger partial charge on any atom is -0.493 e. The molecule has 0 amide bonds. The number of piperazine rings is 1. The normalized spacial score (nSPS) is 16.6. The van der Waals surface area contributed by atoms with Gasteiger partial charge in [-0.3, -0.25) is 4.90 Å². The van der Waals surface area contributed by atoms with E-state index >= 15 is 0 Å². The minimum atomic E-state index is 0.555. The maximum Gasteiger partial charge on any atom is 0.171 e. The second-order valence-corrected chi connectivity index (χ2v) is 4.78. The molecular formula is C12H18N4OS. The molecule has 0 spiro atoms. The molecule has 6 heteroatoms. The first-order valence-electron chi connectivity index (χ1n) is 5.95. The molecule has 1 aromatic rings. The highest BCUT2D eigenvalue weighted by Crippen LogP contribution is 2.25. The molecule has 0 unspecified atom stereocenters. The van der Waals surface area contributed by atoms with Crippen LogP contribution in [-0.2, 0) is 0 Å². The van der Waals surface area contributed by atoms with Crippen molar-refractivity contribution in [3.8, 4) is 5.75 Å². The third kappa shape index (κ3) is 3.08. The van der Waals surface area contributed by atoms with Crippen molar-refractivity contribution in [3.05, 3.63) is 18.3 Å². The SMILES string of the molecule is COc1cccnc1N1CCN(CC(N)=S)CC1. The first-order chi connectivity index (χ1) is 8.70. The van der Waals surface area contributed by atoms with Crippen molar-refractivity contribution >= 4 is 23.0 Å². The Morgan fingerprint density at radius 2 is 2.17 bits per heavy atom. The summed E-state index contributed by atoms with van der Waals surface area (Å²) in [5.41, 5.74) is 5.56. The van der Waals surface area contributed by atoms with Crippen LogP contribution in [0.1, 0.15) is 0 Å². The Labute approximate surface area is 113 Å². The van der Waals surface area contributed by atoms with Gasteiger partial charge >= 0.3 is 0 Å². The van der Waals surface area contributed by atoms with E-state index in [2.05, 4.69) is 14.8 Å². The number of nitrogens with two attached hydrogens (primary N) is 1. The number of ether oxygens (including phenoxy) is 1. The number of thiocarbonyl (C=S) groups is 1. The fourth-order valence-corrected chi connectivity index (χ4v) is 2.30. The highest BCUT2D eigenvalue weighted by Gasteiger charge is 2.20. The molecule has 5 nitrogen and oxygen atoms in total. The van der Waals surface area contributed by atoms with E-state index in [1.165, 1.54) is 0 Å². The second-order valence-electron chi connectivity index (χ2n) is 4.26. The summed E-state index contributed by atoms with van der Waals surface area (Å²) in [7, 11) is 1.67. The molecule has 1 aromatic heterocycles. The molecule has 98 valence electrons. The van der Waals surface area contributed by atoms with Crippen molar-refractivity contribution in [1.29, 1.82) is 0 Å². The maximum atomic E-state index is 5.56. The molecule has 0 atom stereocenters. The van der Waals surface area contributed by atoms with Crippen molar-refractivity contribution in [2.75, 3.05) is 44.7 Å². The van der Waals surface area contributed by atoms with Crippen LogP contribution in [-0.4, -0.2) is 54.7 Å². The summed E-state index contributed by atoms with van der Waals surface area (Å²) >= 11 is 4.93. The molecule has 2 heterocycles. The topological polar surface area (TPSA) is 54.6 Å². The molecule has 2 N–H and O–H groups in total. The van der Waals surface area contributed by atoms with Gasteiger partial charge in [-0.1, -0.05) is 12.2 Å². The van der Waals surface area contributed by atoms with Crippen molar-refractivity contribution < 1.29 is 4.74 Å². The van der Waals surface area contributed by atoms with Gasteiger partial charge < -0.3 is 15.4 Å². The van der Waals surface area contributed by atoms with Crippen molar-refractivity contribution in [3.63, 3.8) is 0 Å². The Balaban J connectivity index is 1.99. The van der Waals surface area contributed by atoms with E-state index in [4.69, 9.17) is 22.7 Å².